The molecule has 0 radical (unpaired) electrons. The fourth-order valence-corrected chi connectivity index (χ4v) is 2.92. The zero-order chi connectivity index (χ0) is 20.3. The molecule has 1 heterocycles. The Hall–Kier alpha value is -2.80. The van der Waals surface area contributed by atoms with Gasteiger partial charge in [-0.05, 0) is 60.9 Å². The fourth-order valence-electron chi connectivity index (χ4n) is 2.80. The van der Waals surface area contributed by atoms with Crippen LogP contribution in [0.1, 0.15) is 23.7 Å². The number of nitrogens with one attached hydrogen (secondary N) is 2. The number of aryl methyl sites for hydroxylation is 2. The average molecular weight is 408 g/mol. The van der Waals surface area contributed by atoms with Crippen LogP contribution >= 0.6 is 11.6 Å². The molecule has 146 valence electrons. The number of hydrogen-bond acceptors (Lipinski definition) is 2. The minimum atomic E-state index is -4.45. The molecule has 1 amide bonds. The van der Waals surface area contributed by atoms with Gasteiger partial charge in [0.2, 0.25) is 5.91 Å². The number of rotatable bonds is 5. The summed E-state index contributed by atoms with van der Waals surface area (Å²) in [5.74, 6) is 0.311. The largest absolute Gasteiger partial charge is 0.416 e. The van der Waals surface area contributed by atoms with E-state index in [2.05, 4.69) is 15.3 Å². The van der Waals surface area contributed by atoms with Gasteiger partial charge in [0.15, 0.2) is 0 Å². The Labute approximate surface area is 164 Å². The van der Waals surface area contributed by atoms with Crippen molar-refractivity contribution in [2.75, 3.05) is 5.32 Å². The normalized spacial score (nSPS) is 11.5. The summed E-state index contributed by atoms with van der Waals surface area (Å²) in [5, 5.41) is 3.20. The van der Waals surface area contributed by atoms with E-state index >= 15 is 0 Å². The van der Waals surface area contributed by atoms with E-state index in [4.69, 9.17) is 11.6 Å². The van der Waals surface area contributed by atoms with Gasteiger partial charge in [0, 0.05) is 35.1 Å². The van der Waals surface area contributed by atoms with E-state index in [1.807, 2.05) is 12.1 Å². The van der Waals surface area contributed by atoms with Crippen molar-refractivity contribution in [2.45, 2.75) is 25.9 Å². The molecule has 4 nitrogen and oxygen atoms in total. The number of imidazole rings is 1. The van der Waals surface area contributed by atoms with E-state index in [0.29, 0.717) is 34.9 Å². The molecule has 0 aliphatic carbocycles. The van der Waals surface area contributed by atoms with Crippen molar-refractivity contribution in [1.29, 1.82) is 0 Å². The first-order chi connectivity index (χ1) is 13.2. The van der Waals surface area contributed by atoms with Crippen LogP contribution in [0.25, 0.3) is 11.4 Å². The smallest absolute Gasteiger partial charge is 0.342 e. The Morgan fingerprint density at radius 3 is 2.50 bits per heavy atom. The summed E-state index contributed by atoms with van der Waals surface area (Å²) >= 11 is 5.88. The number of alkyl halides is 3. The highest BCUT2D eigenvalue weighted by Gasteiger charge is 2.31. The molecule has 1 aromatic heterocycles. The predicted molar refractivity (Wildman–Crippen MR) is 102 cm³/mol. The van der Waals surface area contributed by atoms with Crippen LogP contribution in [-0.2, 0) is 23.8 Å². The molecule has 0 unspecified atom stereocenters. The number of H-pyrrole nitrogens is 1. The monoisotopic (exact) mass is 407 g/mol. The summed E-state index contributed by atoms with van der Waals surface area (Å²) in [6.45, 7) is 1.31. The van der Waals surface area contributed by atoms with E-state index in [0.717, 1.165) is 23.4 Å². The van der Waals surface area contributed by atoms with Crippen LogP contribution in [0.2, 0.25) is 5.02 Å². The predicted octanol–water partition coefficient (Wildman–Crippen LogP) is 5.49. The van der Waals surface area contributed by atoms with Gasteiger partial charge in [0.25, 0.3) is 0 Å². The lowest BCUT2D eigenvalue weighted by Crippen LogP contribution is -2.11. The molecule has 3 rings (SSSR count). The molecule has 0 aliphatic rings. The number of aromatic nitrogens is 2. The minimum absolute atomic E-state index is 0.307. The van der Waals surface area contributed by atoms with Gasteiger partial charge in [-0.1, -0.05) is 11.6 Å². The second-order valence-electron chi connectivity index (χ2n) is 6.31. The molecule has 0 bridgehead atoms. The van der Waals surface area contributed by atoms with Gasteiger partial charge in [0.05, 0.1) is 5.56 Å². The summed E-state index contributed by atoms with van der Waals surface area (Å²) in [6.07, 6.45) is -2.05. The quantitative estimate of drug-likeness (QED) is 0.587. The molecule has 0 atom stereocenters. The number of amides is 1. The van der Waals surface area contributed by atoms with Crippen molar-refractivity contribution in [3.05, 3.63) is 70.5 Å². The number of halogens is 4. The standard InChI is InChI=1S/C20H17ClF3N3O/c1-12(28)26-18-9-5-15(20(22,23)24)10-14(18)4-8-17-11-25-19(27-17)13-2-6-16(21)7-3-13/h2-3,5-7,9-11H,4,8H2,1H3,(H,25,27)(H,26,28). The first kappa shape index (κ1) is 19.9. The van der Waals surface area contributed by atoms with Gasteiger partial charge in [-0.3, -0.25) is 4.79 Å². The lowest BCUT2D eigenvalue weighted by molar-refractivity contribution is -0.137. The van der Waals surface area contributed by atoms with E-state index in [1.165, 1.54) is 13.0 Å². The summed E-state index contributed by atoms with van der Waals surface area (Å²) in [7, 11) is 0. The molecular weight excluding hydrogens is 391 g/mol. The molecule has 0 saturated carbocycles. The third-order valence-corrected chi connectivity index (χ3v) is 4.41. The zero-order valence-electron chi connectivity index (χ0n) is 14.9. The summed E-state index contributed by atoms with van der Waals surface area (Å²) in [5.41, 5.74) is 1.67. The fraction of sp³-hybridized carbons (Fsp3) is 0.200. The Bertz CT molecular complexity index is 981. The van der Waals surface area contributed by atoms with Crippen LogP contribution in [-0.4, -0.2) is 15.9 Å². The maximum atomic E-state index is 13.0. The number of benzene rings is 2. The lowest BCUT2D eigenvalue weighted by Gasteiger charge is -2.13. The Kier molecular flexibility index (Phi) is 5.74. The Balaban J connectivity index is 1.79. The van der Waals surface area contributed by atoms with Crippen LogP contribution in [0, 0.1) is 0 Å². The van der Waals surface area contributed by atoms with Crippen LogP contribution < -0.4 is 5.32 Å². The van der Waals surface area contributed by atoms with Gasteiger partial charge < -0.3 is 10.3 Å². The van der Waals surface area contributed by atoms with Crippen molar-refractivity contribution in [3.63, 3.8) is 0 Å². The van der Waals surface area contributed by atoms with Crippen molar-refractivity contribution >= 4 is 23.2 Å². The van der Waals surface area contributed by atoms with Crippen molar-refractivity contribution < 1.29 is 18.0 Å². The Morgan fingerprint density at radius 2 is 1.86 bits per heavy atom. The molecule has 0 fully saturated rings. The van der Waals surface area contributed by atoms with E-state index in [9.17, 15) is 18.0 Å². The maximum Gasteiger partial charge on any atom is 0.416 e. The number of aromatic amines is 1. The molecule has 0 saturated heterocycles. The zero-order valence-corrected chi connectivity index (χ0v) is 15.7. The number of nitrogens with zero attached hydrogens (tertiary/aromatic N) is 1. The molecular formula is C20H17ClF3N3O. The topological polar surface area (TPSA) is 57.8 Å². The van der Waals surface area contributed by atoms with Crippen molar-refractivity contribution in [1.82, 2.24) is 9.97 Å². The van der Waals surface area contributed by atoms with Gasteiger partial charge in [0.1, 0.15) is 5.82 Å². The van der Waals surface area contributed by atoms with Crippen molar-refractivity contribution in [2.24, 2.45) is 0 Å². The van der Waals surface area contributed by atoms with Crippen molar-refractivity contribution in [3.8, 4) is 11.4 Å². The minimum Gasteiger partial charge on any atom is -0.342 e. The molecule has 28 heavy (non-hydrogen) atoms. The summed E-state index contributed by atoms with van der Waals surface area (Å²) < 4.78 is 39.1. The highest BCUT2D eigenvalue weighted by atomic mass is 35.5. The SMILES string of the molecule is CC(=O)Nc1ccc(C(F)(F)F)cc1CCc1cnc(-c2ccc(Cl)cc2)[nH]1. The van der Waals surface area contributed by atoms with Crippen LogP contribution in [0.3, 0.4) is 0 Å². The van der Waals surface area contributed by atoms with Gasteiger partial charge >= 0.3 is 6.18 Å². The van der Waals surface area contributed by atoms with Crippen LogP contribution in [0.15, 0.2) is 48.7 Å². The number of hydrogen-bond donors (Lipinski definition) is 2. The van der Waals surface area contributed by atoms with E-state index < -0.39 is 11.7 Å². The number of carbonyl (C=O) groups excluding carboxylic acids is 1. The highest BCUT2D eigenvalue weighted by Crippen LogP contribution is 2.32. The second-order valence-corrected chi connectivity index (χ2v) is 6.75. The van der Waals surface area contributed by atoms with Gasteiger partial charge in [-0.2, -0.15) is 13.2 Å². The van der Waals surface area contributed by atoms with Gasteiger partial charge in [-0.15, -0.1) is 0 Å². The van der Waals surface area contributed by atoms with E-state index in [1.54, 1.807) is 18.3 Å². The molecule has 0 spiro atoms. The maximum absolute atomic E-state index is 13.0. The number of carbonyl (C=O) groups is 1. The molecule has 0 aliphatic heterocycles. The molecule has 2 aromatic carbocycles. The summed E-state index contributed by atoms with van der Waals surface area (Å²) in [4.78, 5) is 18.8. The first-order valence-electron chi connectivity index (χ1n) is 8.50. The van der Waals surface area contributed by atoms with Crippen LogP contribution in [0.5, 0.6) is 0 Å². The third kappa shape index (κ3) is 4.92. The second kappa shape index (κ2) is 8.06. The number of anilines is 1. The highest BCUT2D eigenvalue weighted by molar-refractivity contribution is 6.30. The lowest BCUT2D eigenvalue weighted by atomic mass is 10.0. The average Bonchev–Trinajstić information content (AvgIpc) is 3.09. The van der Waals surface area contributed by atoms with E-state index in [-0.39, 0.29) is 5.91 Å². The van der Waals surface area contributed by atoms with Crippen LogP contribution in [0.4, 0.5) is 18.9 Å². The van der Waals surface area contributed by atoms with Gasteiger partial charge in [-0.25, -0.2) is 4.98 Å². The third-order valence-electron chi connectivity index (χ3n) is 4.15. The summed E-state index contributed by atoms with van der Waals surface area (Å²) in [6, 6.07) is 10.5. The molecule has 8 heteroatoms. The molecule has 3 aromatic rings. The Morgan fingerprint density at radius 1 is 1.14 bits per heavy atom. The molecule has 2 N–H and O–H groups in total. The first-order valence-corrected chi connectivity index (χ1v) is 8.88.